The number of anilines is 2. The van der Waals surface area contributed by atoms with Crippen LogP contribution in [0, 0.1) is 0 Å². The smallest absolute Gasteiger partial charge is 0.232 e. The Bertz CT molecular complexity index is 658. The van der Waals surface area contributed by atoms with Crippen molar-refractivity contribution in [3.63, 3.8) is 0 Å². The van der Waals surface area contributed by atoms with E-state index in [9.17, 15) is 0 Å². The molecule has 3 heterocycles. The van der Waals surface area contributed by atoms with Gasteiger partial charge in [-0.1, -0.05) is 11.6 Å². The van der Waals surface area contributed by atoms with E-state index in [-0.39, 0.29) is 0 Å². The largest absolute Gasteiger partial charge is 0.467 e. The summed E-state index contributed by atoms with van der Waals surface area (Å²) in [7, 11) is 0. The number of nitrogens with zero attached hydrogens (tertiary/aromatic N) is 3. The summed E-state index contributed by atoms with van der Waals surface area (Å²) in [5.74, 6) is 2.03. The van der Waals surface area contributed by atoms with E-state index in [2.05, 4.69) is 25.5 Å². The molecule has 6 nitrogen and oxygen atoms in total. The highest BCUT2D eigenvalue weighted by molar-refractivity contribution is 7.80. The Morgan fingerprint density at radius 2 is 2.13 bits per heavy atom. The number of aromatic nitrogens is 2. The molecule has 0 spiro atoms. The van der Waals surface area contributed by atoms with Crippen LogP contribution in [0.2, 0.25) is 5.15 Å². The van der Waals surface area contributed by atoms with Crippen LogP contribution in [-0.2, 0) is 6.54 Å². The minimum atomic E-state index is 0.398. The molecule has 0 amide bonds. The Balaban J connectivity index is 1.62. The van der Waals surface area contributed by atoms with Crippen LogP contribution in [0.3, 0.4) is 0 Å². The van der Waals surface area contributed by atoms with Crippen LogP contribution in [-0.4, -0.2) is 28.2 Å². The third kappa shape index (κ3) is 4.56. The van der Waals surface area contributed by atoms with E-state index in [1.807, 2.05) is 12.1 Å². The van der Waals surface area contributed by atoms with Gasteiger partial charge in [0.1, 0.15) is 16.7 Å². The summed E-state index contributed by atoms with van der Waals surface area (Å²) < 4.78 is 5.24. The summed E-state index contributed by atoms with van der Waals surface area (Å²) in [6, 6.07) is 5.50. The second kappa shape index (κ2) is 7.61. The number of thiocarbonyl (C=S) groups is 1. The first-order valence-electron chi connectivity index (χ1n) is 7.57. The van der Waals surface area contributed by atoms with Crippen molar-refractivity contribution in [3.8, 4) is 0 Å². The van der Waals surface area contributed by atoms with Crippen molar-refractivity contribution in [2.75, 3.05) is 23.3 Å². The molecule has 0 aromatic carbocycles. The van der Waals surface area contributed by atoms with Crippen molar-refractivity contribution in [2.24, 2.45) is 0 Å². The number of piperidine rings is 1. The Morgan fingerprint density at radius 3 is 2.87 bits per heavy atom. The molecular formula is C15H18ClN5OS. The number of rotatable bonds is 4. The van der Waals surface area contributed by atoms with Crippen LogP contribution < -0.4 is 15.5 Å². The van der Waals surface area contributed by atoms with Crippen molar-refractivity contribution >= 4 is 40.7 Å². The number of halogens is 1. The molecule has 1 saturated heterocycles. The van der Waals surface area contributed by atoms with Gasteiger partial charge in [-0.2, -0.15) is 4.98 Å². The van der Waals surface area contributed by atoms with E-state index in [0.29, 0.717) is 22.8 Å². The third-order valence-electron chi connectivity index (χ3n) is 3.59. The SMILES string of the molecule is S=C(NCc1ccco1)Nc1nc(Cl)cc(N2CCCCC2)n1. The second-order valence-electron chi connectivity index (χ2n) is 5.31. The number of nitrogens with one attached hydrogen (secondary N) is 2. The predicted octanol–water partition coefficient (Wildman–Crippen LogP) is 3.20. The first-order chi connectivity index (χ1) is 11.2. The van der Waals surface area contributed by atoms with E-state index in [1.54, 1.807) is 12.3 Å². The maximum Gasteiger partial charge on any atom is 0.232 e. The molecule has 122 valence electrons. The van der Waals surface area contributed by atoms with Crippen LogP contribution in [0.25, 0.3) is 0 Å². The lowest BCUT2D eigenvalue weighted by atomic mass is 10.1. The predicted molar refractivity (Wildman–Crippen MR) is 94.9 cm³/mol. The maximum absolute atomic E-state index is 6.11. The number of furan rings is 1. The Labute approximate surface area is 145 Å². The summed E-state index contributed by atoms with van der Waals surface area (Å²) in [4.78, 5) is 10.9. The zero-order chi connectivity index (χ0) is 16.1. The average Bonchev–Trinajstić information content (AvgIpc) is 3.07. The van der Waals surface area contributed by atoms with Crippen molar-refractivity contribution in [3.05, 3.63) is 35.4 Å². The zero-order valence-corrected chi connectivity index (χ0v) is 14.2. The molecule has 1 aliphatic heterocycles. The fourth-order valence-electron chi connectivity index (χ4n) is 2.47. The lowest BCUT2D eigenvalue weighted by Crippen LogP contribution is -2.31. The number of hydrogen-bond acceptors (Lipinski definition) is 5. The van der Waals surface area contributed by atoms with Crippen LogP contribution in [0.15, 0.2) is 28.9 Å². The molecule has 23 heavy (non-hydrogen) atoms. The summed E-state index contributed by atoms with van der Waals surface area (Å²) in [5.41, 5.74) is 0. The van der Waals surface area contributed by atoms with Crippen LogP contribution in [0.1, 0.15) is 25.0 Å². The highest BCUT2D eigenvalue weighted by Crippen LogP contribution is 2.21. The summed E-state index contributed by atoms with van der Waals surface area (Å²) in [6.07, 6.45) is 5.24. The van der Waals surface area contributed by atoms with Gasteiger partial charge in [0, 0.05) is 19.2 Å². The van der Waals surface area contributed by atoms with E-state index in [4.69, 9.17) is 28.2 Å². The first-order valence-corrected chi connectivity index (χ1v) is 8.36. The molecular weight excluding hydrogens is 334 g/mol. The van der Waals surface area contributed by atoms with Gasteiger partial charge in [-0.3, -0.25) is 0 Å². The van der Waals surface area contributed by atoms with Gasteiger partial charge in [0.2, 0.25) is 5.95 Å². The van der Waals surface area contributed by atoms with Crippen molar-refractivity contribution in [2.45, 2.75) is 25.8 Å². The lowest BCUT2D eigenvalue weighted by Gasteiger charge is -2.27. The quantitative estimate of drug-likeness (QED) is 0.647. The molecule has 0 saturated carbocycles. The molecule has 0 aliphatic carbocycles. The summed E-state index contributed by atoms with van der Waals surface area (Å²) in [5, 5.41) is 6.84. The van der Waals surface area contributed by atoms with Gasteiger partial charge < -0.3 is 20.0 Å². The minimum Gasteiger partial charge on any atom is -0.467 e. The van der Waals surface area contributed by atoms with E-state index < -0.39 is 0 Å². The molecule has 2 N–H and O–H groups in total. The van der Waals surface area contributed by atoms with Gasteiger partial charge in [0.05, 0.1) is 12.8 Å². The minimum absolute atomic E-state index is 0.398. The van der Waals surface area contributed by atoms with Gasteiger partial charge in [-0.05, 0) is 43.6 Å². The molecule has 2 aromatic rings. The van der Waals surface area contributed by atoms with Gasteiger partial charge in [0.15, 0.2) is 5.11 Å². The van der Waals surface area contributed by atoms with Gasteiger partial charge in [-0.15, -0.1) is 0 Å². The number of hydrogen-bond donors (Lipinski definition) is 2. The molecule has 0 unspecified atom stereocenters. The fourth-order valence-corrected chi connectivity index (χ4v) is 2.81. The first kappa shape index (κ1) is 16.0. The summed E-state index contributed by atoms with van der Waals surface area (Å²) in [6.45, 7) is 2.49. The highest BCUT2D eigenvalue weighted by Gasteiger charge is 2.14. The molecule has 2 aromatic heterocycles. The van der Waals surface area contributed by atoms with Crippen molar-refractivity contribution in [1.29, 1.82) is 0 Å². The standard InChI is InChI=1S/C15H18ClN5OS/c16-12-9-13(21-6-2-1-3-7-21)19-14(18-12)20-15(23)17-10-11-5-4-8-22-11/h4-5,8-9H,1-3,6-7,10H2,(H2,17,18,19,20,23). The molecule has 0 bridgehead atoms. The van der Waals surface area contributed by atoms with E-state index in [1.165, 1.54) is 19.3 Å². The van der Waals surface area contributed by atoms with Gasteiger partial charge in [0.25, 0.3) is 0 Å². The fraction of sp³-hybridized carbons (Fsp3) is 0.400. The maximum atomic E-state index is 6.11. The van der Waals surface area contributed by atoms with Crippen LogP contribution >= 0.6 is 23.8 Å². The highest BCUT2D eigenvalue weighted by atomic mass is 35.5. The third-order valence-corrected chi connectivity index (χ3v) is 4.03. The van der Waals surface area contributed by atoms with Crippen molar-refractivity contribution < 1.29 is 4.42 Å². The summed E-state index contributed by atoms with van der Waals surface area (Å²) >= 11 is 11.4. The van der Waals surface area contributed by atoms with E-state index in [0.717, 1.165) is 24.7 Å². The zero-order valence-electron chi connectivity index (χ0n) is 12.6. The molecule has 1 fully saturated rings. The molecule has 3 rings (SSSR count). The molecule has 8 heteroatoms. The van der Waals surface area contributed by atoms with Crippen LogP contribution in [0.4, 0.5) is 11.8 Å². The average molecular weight is 352 g/mol. The topological polar surface area (TPSA) is 66.2 Å². The monoisotopic (exact) mass is 351 g/mol. The Kier molecular flexibility index (Phi) is 5.30. The second-order valence-corrected chi connectivity index (χ2v) is 6.10. The molecule has 1 aliphatic rings. The lowest BCUT2D eigenvalue weighted by molar-refractivity contribution is 0.503. The Hall–Kier alpha value is -1.86. The Morgan fingerprint density at radius 1 is 1.30 bits per heavy atom. The van der Waals surface area contributed by atoms with Crippen molar-refractivity contribution in [1.82, 2.24) is 15.3 Å². The van der Waals surface area contributed by atoms with Crippen LogP contribution in [0.5, 0.6) is 0 Å². The molecule has 0 radical (unpaired) electrons. The normalized spacial score (nSPS) is 14.6. The van der Waals surface area contributed by atoms with Gasteiger partial charge >= 0.3 is 0 Å². The van der Waals surface area contributed by atoms with E-state index >= 15 is 0 Å². The van der Waals surface area contributed by atoms with Gasteiger partial charge in [-0.25, -0.2) is 4.98 Å². The molecule has 0 atom stereocenters.